The first-order chi connectivity index (χ1) is 9.15. The van der Waals surface area contributed by atoms with Crippen molar-refractivity contribution in [3.8, 4) is 5.82 Å². The standard InChI is InChI=1S/C13H10ClN3O2/c14-7-1-2-15-10(5-7)17-12-8-3-6(8)4-9(12)11(16-17)13(18)19/h1-2,5-6,8H,3-4H2,(H,18,19)/t6-,8-/m0/s1. The van der Waals surface area contributed by atoms with E-state index in [1.54, 1.807) is 23.0 Å². The number of hydrogen-bond donors (Lipinski definition) is 1. The Morgan fingerprint density at radius 1 is 1.53 bits per heavy atom. The molecule has 2 aromatic heterocycles. The second kappa shape index (κ2) is 3.57. The lowest BCUT2D eigenvalue weighted by molar-refractivity contribution is 0.0688. The highest BCUT2D eigenvalue weighted by Crippen LogP contribution is 2.57. The van der Waals surface area contributed by atoms with Crippen LogP contribution < -0.4 is 0 Å². The van der Waals surface area contributed by atoms with Gasteiger partial charge in [-0.2, -0.15) is 5.10 Å². The van der Waals surface area contributed by atoms with Crippen LogP contribution in [0.2, 0.25) is 5.02 Å². The van der Waals surface area contributed by atoms with Crippen LogP contribution in [0.1, 0.15) is 34.1 Å². The van der Waals surface area contributed by atoms with E-state index < -0.39 is 5.97 Å². The van der Waals surface area contributed by atoms with E-state index in [1.165, 1.54) is 0 Å². The molecule has 2 aliphatic carbocycles. The molecule has 0 amide bonds. The van der Waals surface area contributed by atoms with Crippen molar-refractivity contribution in [3.63, 3.8) is 0 Å². The lowest BCUT2D eigenvalue weighted by Gasteiger charge is -2.05. The molecular formula is C13H10ClN3O2. The van der Waals surface area contributed by atoms with Gasteiger partial charge in [0.25, 0.3) is 0 Å². The van der Waals surface area contributed by atoms with Crippen molar-refractivity contribution in [3.05, 3.63) is 40.3 Å². The molecule has 0 spiro atoms. The Balaban J connectivity index is 1.94. The maximum atomic E-state index is 11.3. The molecule has 2 aliphatic rings. The van der Waals surface area contributed by atoms with Gasteiger partial charge in [-0.15, -0.1) is 0 Å². The summed E-state index contributed by atoms with van der Waals surface area (Å²) >= 11 is 5.96. The molecule has 0 bridgehead atoms. The first-order valence-corrected chi connectivity index (χ1v) is 6.50. The zero-order valence-corrected chi connectivity index (χ0v) is 10.6. The quantitative estimate of drug-likeness (QED) is 0.913. The summed E-state index contributed by atoms with van der Waals surface area (Å²) in [5.41, 5.74) is 2.04. The summed E-state index contributed by atoms with van der Waals surface area (Å²) in [6, 6.07) is 3.39. The van der Waals surface area contributed by atoms with E-state index in [4.69, 9.17) is 11.6 Å². The Bertz CT molecular complexity index is 710. The van der Waals surface area contributed by atoms with Gasteiger partial charge in [-0.25, -0.2) is 14.5 Å². The predicted octanol–water partition coefficient (Wildman–Crippen LogP) is 2.28. The van der Waals surface area contributed by atoms with Gasteiger partial charge in [0, 0.05) is 28.8 Å². The van der Waals surface area contributed by atoms with E-state index >= 15 is 0 Å². The van der Waals surface area contributed by atoms with Gasteiger partial charge < -0.3 is 5.11 Å². The average molecular weight is 276 g/mol. The smallest absolute Gasteiger partial charge is 0.356 e. The lowest BCUT2D eigenvalue weighted by Crippen LogP contribution is -2.05. The molecule has 1 saturated carbocycles. The van der Waals surface area contributed by atoms with Gasteiger partial charge in [0.1, 0.15) is 0 Å². The van der Waals surface area contributed by atoms with Gasteiger partial charge in [-0.3, -0.25) is 0 Å². The first kappa shape index (κ1) is 11.0. The highest BCUT2D eigenvalue weighted by molar-refractivity contribution is 6.30. The van der Waals surface area contributed by atoms with Crippen LogP contribution >= 0.6 is 11.6 Å². The molecule has 2 atom stereocenters. The molecule has 96 valence electrons. The molecule has 0 saturated heterocycles. The fraction of sp³-hybridized carbons (Fsp3) is 0.308. The molecule has 19 heavy (non-hydrogen) atoms. The average Bonchev–Trinajstić information content (AvgIpc) is 2.87. The number of pyridine rings is 1. The predicted molar refractivity (Wildman–Crippen MR) is 67.9 cm³/mol. The number of hydrogen-bond acceptors (Lipinski definition) is 3. The molecular weight excluding hydrogens is 266 g/mol. The number of carboxylic acid groups (broad SMARTS) is 1. The van der Waals surface area contributed by atoms with Crippen LogP contribution in [-0.4, -0.2) is 25.8 Å². The molecule has 0 aliphatic heterocycles. The monoisotopic (exact) mass is 275 g/mol. The highest BCUT2D eigenvalue weighted by Gasteiger charge is 2.50. The van der Waals surface area contributed by atoms with E-state index in [9.17, 15) is 9.90 Å². The van der Waals surface area contributed by atoms with Crippen molar-refractivity contribution in [1.82, 2.24) is 14.8 Å². The summed E-state index contributed by atoms with van der Waals surface area (Å²) < 4.78 is 1.66. The van der Waals surface area contributed by atoms with Crippen molar-refractivity contribution in [2.75, 3.05) is 0 Å². The summed E-state index contributed by atoms with van der Waals surface area (Å²) in [4.78, 5) is 15.5. The van der Waals surface area contributed by atoms with Gasteiger partial charge in [-0.1, -0.05) is 11.6 Å². The molecule has 0 radical (unpaired) electrons. The SMILES string of the molecule is O=C(O)c1nn(-c2cc(Cl)ccn2)c2c1C[C@@H]1C[C@H]21. The minimum atomic E-state index is -0.974. The molecule has 2 aromatic rings. The van der Waals surface area contributed by atoms with Gasteiger partial charge in [0.15, 0.2) is 11.5 Å². The fourth-order valence-corrected chi connectivity index (χ4v) is 3.13. The van der Waals surface area contributed by atoms with Crippen LogP contribution in [0.4, 0.5) is 0 Å². The van der Waals surface area contributed by atoms with Crippen LogP contribution in [0.5, 0.6) is 0 Å². The number of rotatable bonds is 2. The second-order valence-electron chi connectivity index (χ2n) is 5.07. The highest BCUT2D eigenvalue weighted by atomic mass is 35.5. The van der Waals surface area contributed by atoms with Crippen molar-refractivity contribution in [1.29, 1.82) is 0 Å². The minimum Gasteiger partial charge on any atom is -0.476 e. The Hall–Kier alpha value is -1.88. The zero-order chi connectivity index (χ0) is 13.1. The van der Waals surface area contributed by atoms with E-state index in [0.717, 1.165) is 24.1 Å². The molecule has 1 fully saturated rings. The molecule has 0 aromatic carbocycles. The third-order valence-electron chi connectivity index (χ3n) is 3.89. The van der Waals surface area contributed by atoms with Gasteiger partial charge >= 0.3 is 5.97 Å². The molecule has 2 heterocycles. The topological polar surface area (TPSA) is 68.0 Å². The number of fused-ring (bicyclic) bond motifs is 3. The van der Waals surface area contributed by atoms with Gasteiger partial charge in [0.2, 0.25) is 0 Å². The van der Waals surface area contributed by atoms with Gasteiger partial charge in [-0.05, 0) is 24.8 Å². The molecule has 5 nitrogen and oxygen atoms in total. The van der Waals surface area contributed by atoms with Crippen LogP contribution in [-0.2, 0) is 6.42 Å². The van der Waals surface area contributed by atoms with Crippen LogP contribution in [0.3, 0.4) is 0 Å². The number of halogens is 1. The van der Waals surface area contributed by atoms with Crippen LogP contribution in [0.25, 0.3) is 5.82 Å². The molecule has 0 unspecified atom stereocenters. The summed E-state index contributed by atoms with van der Waals surface area (Å²) in [6.45, 7) is 0. The van der Waals surface area contributed by atoms with Crippen molar-refractivity contribution in [2.24, 2.45) is 5.92 Å². The Morgan fingerprint density at radius 2 is 2.37 bits per heavy atom. The zero-order valence-electron chi connectivity index (χ0n) is 9.88. The van der Waals surface area contributed by atoms with Crippen molar-refractivity contribution < 1.29 is 9.90 Å². The van der Waals surface area contributed by atoms with Gasteiger partial charge in [0.05, 0.1) is 5.69 Å². The molecule has 6 heteroatoms. The fourth-order valence-electron chi connectivity index (χ4n) is 2.97. The first-order valence-electron chi connectivity index (χ1n) is 6.12. The summed E-state index contributed by atoms with van der Waals surface area (Å²) in [5.74, 6) is 0.648. The Labute approximate surface area is 113 Å². The van der Waals surface area contributed by atoms with Crippen molar-refractivity contribution in [2.45, 2.75) is 18.8 Å². The minimum absolute atomic E-state index is 0.156. The Morgan fingerprint density at radius 3 is 3.11 bits per heavy atom. The summed E-state index contributed by atoms with van der Waals surface area (Å²) in [6.07, 6.45) is 3.55. The lowest BCUT2D eigenvalue weighted by atomic mass is 10.1. The molecule has 1 N–H and O–H groups in total. The second-order valence-corrected chi connectivity index (χ2v) is 5.50. The van der Waals surface area contributed by atoms with E-state index in [1.807, 2.05) is 0 Å². The molecule has 4 rings (SSSR count). The maximum absolute atomic E-state index is 11.3. The van der Waals surface area contributed by atoms with E-state index in [0.29, 0.717) is 22.7 Å². The summed E-state index contributed by atoms with van der Waals surface area (Å²) in [5, 5.41) is 14.0. The number of carboxylic acids is 1. The van der Waals surface area contributed by atoms with Crippen LogP contribution in [0.15, 0.2) is 18.3 Å². The maximum Gasteiger partial charge on any atom is 0.356 e. The number of nitrogens with zero attached hydrogens (tertiary/aromatic N) is 3. The summed E-state index contributed by atoms with van der Waals surface area (Å²) in [7, 11) is 0. The van der Waals surface area contributed by atoms with Crippen molar-refractivity contribution >= 4 is 17.6 Å². The van der Waals surface area contributed by atoms with E-state index in [2.05, 4.69) is 10.1 Å². The number of carbonyl (C=O) groups is 1. The normalized spacial score (nSPS) is 23.0. The Kier molecular flexibility index (Phi) is 2.07. The van der Waals surface area contributed by atoms with E-state index in [-0.39, 0.29) is 5.69 Å². The third kappa shape index (κ3) is 1.51. The van der Waals surface area contributed by atoms with Crippen LogP contribution in [0, 0.1) is 5.92 Å². The largest absolute Gasteiger partial charge is 0.476 e. The number of aromatic nitrogens is 3. The third-order valence-corrected chi connectivity index (χ3v) is 4.13. The number of aromatic carboxylic acids is 1.